The number of nitrogens with zero attached hydrogens (tertiary/aromatic N) is 1. The van der Waals surface area contributed by atoms with Gasteiger partial charge in [-0.15, -0.1) is 0 Å². The van der Waals surface area contributed by atoms with Gasteiger partial charge in [-0.05, 0) is 47.0 Å². The first-order valence-electron chi connectivity index (χ1n) is 6.02. The van der Waals surface area contributed by atoms with Crippen LogP contribution in [-0.4, -0.2) is 29.8 Å². The first-order valence-corrected chi connectivity index (χ1v) is 7.20. The number of benzene rings is 1. The second-order valence-electron chi connectivity index (χ2n) is 4.60. The number of hydrogen-bond acceptors (Lipinski definition) is 2. The topological polar surface area (TPSA) is 63.4 Å². The Labute approximate surface area is 125 Å². The number of likely N-dealkylation sites (tertiary alicyclic amines) is 1. The van der Waals surface area contributed by atoms with Gasteiger partial charge in [-0.25, -0.2) is 0 Å². The molecule has 0 spiro atoms. The van der Waals surface area contributed by atoms with Gasteiger partial charge < -0.3 is 10.6 Å². The van der Waals surface area contributed by atoms with Crippen LogP contribution in [0.3, 0.4) is 0 Å². The van der Waals surface area contributed by atoms with Crippen LogP contribution in [0, 0.1) is 5.92 Å². The molecule has 2 amide bonds. The number of amides is 2. The standard InChI is InChI=1S/C13H14BrClN2O2/c14-10-2-1-9(7-11(10)15)13(19)17-5-3-8(4-6-17)12(16)18/h1-2,7-8H,3-6H2,(H2,16,18). The highest BCUT2D eigenvalue weighted by atomic mass is 79.9. The highest BCUT2D eigenvalue weighted by Crippen LogP contribution is 2.25. The summed E-state index contributed by atoms with van der Waals surface area (Å²) in [7, 11) is 0. The maximum absolute atomic E-state index is 12.3. The van der Waals surface area contributed by atoms with Crippen molar-refractivity contribution in [1.82, 2.24) is 4.90 Å². The van der Waals surface area contributed by atoms with E-state index in [1.807, 2.05) is 0 Å². The van der Waals surface area contributed by atoms with Crippen LogP contribution in [0.1, 0.15) is 23.2 Å². The van der Waals surface area contributed by atoms with Crippen LogP contribution in [-0.2, 0) is 4.79 Å². The van der Waals surface area contributed by atoms with E-state index in [-0.39, 0.29) is 17.7 Å². The molecule has 0 saturated carbocycles. The van der Waals surface area contributed by atoms with Gasteiger partial charge in [-0.2, -0.15) is 0 Å². The van der Waals surface area contributed by atoms with Crippen molar-refractivity contribution in [2.45, 2.75) is 12.8 Å². The molecule has 0 aliphatic carbocycles. The zero-order valence-electron chi connectivity index (χ0n) is 10.2. The normalized spacial score (nSPS) is 16.4. The predicted octanol–water partition coefficient (Wildman–Crippen LogP) is 2.44. The van der Waals surface area contributed by atoms with E-state index >= 15 is 0 Å². The van der Waals surface area contributed by atoms with E-state index in [1.165, 1.54) is 0 Å². The lowest BCUT2D eigenvalue weighted by atomic mass is 9.96. The molecule has 1 fully saturated rings. The van der Waals surface area contributed by atoms with Crippen LogP contribution in [0.15, 0.2) is 22.7 Å². The molecule has 1 aliphatic heterocycles. The molecule has 19 heavy (non-hydrogen) atoms. The molecule has 0 unspecified atom stereocenters. The lowest BCUT2D eigenvalue weighted by molar-refractivity contribution is -0.123. The smallest absolute Gasteiger partial charge is 0.253 e. The van der Waals surface area contributed by atoms with Crippen LogP contribution < -0.4 is 5.73 Å². The summed E-state index contributed by atoms with van der Waals surface area (Å²) in [5, 5.41) is 0.512. The van der Waals surface area contributed by atoms with Gasteiger partial charge in [0.15, 0.2) is 0 Å². The van der Waals surface area contributed by atoms with E-state index in [1.54, 1.807) is 23.1 Å². The third-order valence-electron chi connectivity index (χ3n) is 3.35. The molecule has 1 aliphatic rings. The SMILES string of the molecule is NC(=O)C1CCN(C(=O)c2ccc(Br)c(Cl)c2)CC1. The van der Waals surface area contributed by atoms with Crippen LogP contribution in [0.25, 0.3) is 0 Å². The van der Waals surface area contributed by atoms with Crippen molar-refractivity contribution in [1.29, 1.82) is 0 Å². The Bertz CT molecular complexity index is 513. The highest BCUT2D eigenvalue weighted by molar-refractivity contribution is 9.10. The van der Waals surface area contributed by atoms with E-state index in [0.29, 0.717) is 36.5 Å². The Morgan fingerprint density at radius 2 is 1.95 bits per heavy atom. The summed E-state index contributed by atoms with van der Waals surface area (Å²) < 4.78 is 0.762. The minimum absolute atomic E-state index is 0.0580. The minimum Gasteiger partial charge on any atom is -0.369 e. The molecule has 1 aromatic rings. The molecule has 1 heterocycles. The third-order valence-corrected chi connectivity index (χ3v) is 4.58. The molecule has 0 atom stereocenters. The molecule has 4 nitrogen and oxygen atoms in total. The number of hydrogen-bond donors (Lipinski definition) is 1. The summed E-state index contributed by atoms with van der Waals surface area (Å²) in [6.45, 7) is 1.11. The van der Waals surface area contributed by atoms with Crippen LogP contribution in [0.5, 0.6) is 0 Å². The van der Waals surface area contributed by atoms with Gasteiger partial charge in [0.1, 0.15) is 0 Å². The molecule has 102 valence electrons. The Morgan fingerprint density at radius 3 is 2.47 bits per heavy atom. The van der Waals surface area contributed by atoms with Gasteiger partial charge in [0.05, 0.1) is 5.02 Å². The number of halogens is 2. The maximum atomic E-state index is 12.3. The van der Waals surface area contributed by atoms with Crippen molar-refractivity contribution in [2.24, 2.45) is 11.7 Å². The zero-order valence-corrected chi connectivity index (χ0v) is 12.6. The molecule has 2 N–H and O–H groups in total. The van der Waals surface area contributed by atoms with Gasteiger partial charge in [-0.1, -0.05) is 11.6 Å². The summed E-state index contributed by atoms with van der Waals surface area (Å²) >= 11 is 9.27. The van der Waals surface area contributed by atoms with Gasteiger partial charge >= 0.3 is 0 Å². The van der Waals surface area contributed by atoms with Crippen molar-refractivity contribution in [2.75, 3.05) is 13.1 Å². The Morgan fingerprint density at radius 1 is 1.32 bits per heavy atom. The summed E-state index contributed by atoms with van der Waals surface area (Å²) in [6, 6.07) is 5.14. The number of piperidine rings is 1. The molecular formula is C13H14BrClN2O2. The van der Waals surface area contributed by atoms with Gasteiger partial charge in [0.25, 0.3) is 5.91 Å². The summed E-state index contributed by atoms with van der Waals surface area (Å²) in [5.74, 6) is -0.450. The second-order valence-corrected chi connectivity index (χ2v) is 5.86. The maximum Gasteiger partial charge on any atom is 0.253 e. The molecule has 0 bridgehead atoms. The number of carbonyl (C=O) groups is 2. The molecule has 2 rings (SSSR count). The Kier molecular flexibility index (Phi) is 4.47. The van der Waals surface area contributed by atoms with E-state index in [2.05, 4.69) is 15.9 Å². The van der Waals surface area contributed by atoms with Crippen molar-refractivity contribution in [3.63, 3.8) is 0 Å². The van der Waals surface area contributed by atoms with Gasteiger partial charge in [0.2, 0.25) is 5.91 Å². The molecule has 0 radical (unpaired) electrons. The fourth-order valence-electron chi connectivity index (χ4n) is 2.18. The van der Waals surface area contributed by atoms with Crippen LogP contribution >= 0.6 is 27.5 Å². The summed E-state index contributed by atoms with van der Waals surface area (Å²) in [6.07, 6.45) is 1.26. The first kappa shape index (κ1) is 14.3. The van der Waals surface area contributed by atoms with E-state index in [4.69, 9.17) is 17.3 Å². The van der Waals surface area contributed by atoms with E-state index in [0.717, 1.165) is 4.47 Å². The Hall–Kier alpha value is -1.07. The zero-order chi connectivity index (χ0) is 14.0. The average Bonchev–Trinajstić information content (AvgIpc) is 2.41. The van der Waals surface area contributed by atoms with E-state index in [9.17, 15) is 9.59 Å². The van der Waals surface area contributed by atoms with E-state index < -0.39 is 0 Å². The molecule has 1 aromatic carbocycles. The van der Waals surface area contributed by atoms with Gasteiger partial charge in [-0.3, -0.25) is 9.59 Å². The largest absolute Gasteiger partial charge is 0.369 e. The molecular weight excluding hydrogens is 332 g/mol. The fraction of sp³-hybridized carbons (Fsp3) is 0.385. The number of carbonyl (C=O) groups excluding carboxylic acids is 2. The van der Waals surface area contributed by atoms with Crippen molar-refractivity contribution < 1.29 is 9.59 Å². The highest BCUT2D eigenvalue weighted by Gasteiger charge is 2.26. The molecule has 6 heteroatoms. The summed E-state index contributed by atoms with van der Waals surface area (Å²) in [4.78, 5) is 25.1. The third kappa shape index (κ3) is 3.28. The quantitative estimate of drug-likeness (QED) is 0.895. The van der Waals surface area contributed by atoms with Crippen LogP contribution in [0.4, 0.5) is 0 Å². The Balaban J connectivity index is 2.05. The van der Waals surface area contributed by atoms with Crippen molar-refractivity contribution in [3.05, 3.63) is 33.3 Å². The van der Waals surface area contributed by atoms with Crippen molar-refractivity contribution >= 4 is 39.3 Å². The van der Waals surface area contributed by atoms with Crippen LogP contribution in [0.2, 0.25) is 5.02 Å². The van der Waals surface area contributed by atoms with Gasteiger partial charge in [0, 0.05) is 29.0 Å². The minimum atomic E-state index is -0.279. The lowest BCUT2D eigenvalue weighted by Crippen LogP contribution is -2.41. The number of rotatable bonds is 2. The predicted molar refractivity (Wildman–Crippen MR) is 77.0 cm³/mol. The molecule has 0 aromatic heterocycles. The first-order chi connectivity index (χ1) is 8.99. The summed E-state index contributed by atoms with van der Waals surface area (Å²) in [5.41, 5.74) is 5.83. The average molecular weight is 346 g/mol. The number of primary amides is 1. The monoisotopic (exact) mass is 344 g/mol. The van der Waals surface area contributed by atoms with Crippen molar-refractivity contribution in [3.8, 4) is 0 Å². The lowest BCUT2D eigenvalue weighted by Gasteiger charge is -2.30. The number of nitrogens with two attached hydrogens (primary N) is 1. The molecule has 1 saturated heterocycles. The fourth-order valence-corrected chi connectivity index (χ4v) is 2.61. The second kappa shape index (κ2) is 5.92.